The van der Waals surface area contributed by atoms with Gasteiger partial charge in [0.2, 0.25) is 21.8 Å². The highest BCUT2D eigenvalue weighted by molar-refractivity contribution is 7.92. The van der Waals surface area contributed by atoms with Crippen LogP contribution in [0.15, 0.2) is 42.5 Å². The lowest BCUT2D eigenvalue weighted by Crippen LogP contribution is -2.51. The molecule has 1 aliphatic rings. The number of benzene rings is 2. The average Bonchev–Trinajstić information content (AvgIpc) is 2.89. The van der Waals surface area contributed by atoms with Crippen molar-refractivity contribution in [3.63, 3.8) is 0 Å². The van der Waals surface area contributed by atoms with Crippen LogP contribution < -0.4 is 23.8 Å². The molecule has 2 aromatic rings. The van der Waals surface area contributed by atoms with Crippen LogP contribution in [0.2, 0.25) is 0 Å². The minimum atomic E-state index is -3.83. The molecule has 190 valence electrons. The Kier molecular flexibility index (Phi) is 8.44. The highest BCUT2D eigenvalue weighted by Crippen LogP contribution is 2.35. The fourth-order valence-electron chi connectivity index (χ4n) is 3.63. The number of hydrogen-bond acceptors (Lipinski definition) is 7. The van der Waals surface area contributed by atoms with Gasteiger partial charge in [0.05, 0.1) is 18.6 Å². The summed E-state index contributed by atoms with van der Waals surface area (Å²) in [5.74, 6) is 0.476. The Balaban J connectivity index is 1.93. The first-order chi connectivity index (χ1) is 16.7. The normalized spacial score (nSPS) is 13.5. The van der Waals surface area contributed by atoms with E-state index in [1.165, 1.54) is 18.9 Å². The summed E-state index contributed by atoms with van der Waals surface area (Å²) in [4.78, 5) is 27.3. The number of fused-ring (bicyclic) bond motifs is 1. The van der Waals surface area contributed by atoms with Gasteiger partial charge < -0.3 is 24.4 Å². The SMILES string of the molecule is CCS(=O)(=O)N(CC(=O)N(Cc1ccc(OC)cc1)[C@H](C)C(=O)NC)c1ccc2c(c1)OCCO2. The Bertz CT molecular complexity index is 1150. The first-order valence-electron chi connectivity index (χ1n) is 11.2. The van der Waals surface area contributed by atoms with E-state index in [4.69, 9.17) is 14.2 Å². The molecule has 0 fully saturated rings. The molecule has 0 aromatic heterocycles. The summed E-state index contributed by atoms with van der Waals surface area (Å²) in [6.07, 6.45) is 0. The van der Waals surface area contributed by atoms with Crippen molar-refractivity contribution in [1.29, 1.82) is 0 Å². The van der Waals surface area contributed by atoms with Gasteiger partial charge >= 0.3 is 0 Å². The van der Waals surface area contributed by atoms with Gasteiger partial charge in [-0.15, -0.1) is 0 Å². The van der Waals surface area contributed by atoms with Crippen LogP contribution in [0.25, 0.3) is 0 Å². The van der Waals surface area contributed by atoms with Crippen LogP contribution in [-0.4, -0.2) is 70.8 Å². The molecule has 0 spiro atoms. The third kappa shape index (κ3) is 6.16. The molecule has 35 heavy (non-hydrogen) atoms. The molecule has 0 saturated heterocycles. The van der Waals surface area contributed by atoms with Gasteiger partial charge in [-0.2, -0.15) is 0 Å². The molecule has 1 N–H and O–H groups in total. The second-order valence-corrected chi connectivity index (χ2v) is 10.1. The summed E-state index contributed by atoms with van der Waals surface area (Å²) in [6, 6.07) is 11.0. The lowest BCUT2D eigenvalue weighted by Gasteiger charge is -2.32. The summed E-state index contributed by atoms with van der Waals surface area (Å²) in [6.45, 7) is 3.48. The van der Waals surface area contributed by atoms with Gasteiger partial charge in [0.1, 0.15) is 31.5 Å². The Hall–Kier alpha value is -3.47. The van der Waals surface area contributed by atoms with Crippen molar-refractivity contribution >= 4 is 27.5 Å². The highest BCUT2D eigenvalue weighted by Gasteiger charge is 2.31. The van der Waals surface area contributed by atoms with Crippen molar-refractivity contribution in [1.82, 2.24) is 10.2 Å². The van der Waals surface area contributed by atoms with Crippen LogP contribution >= 0.6 is 0 Å². The molecule has 2 amide bonds. The molecule has 0 aliphatic carbocycles. The van der Waals surface area contributed by atoms with Crippen LogP contribution in [0.3, 0.4) is 0 Å². The van der Waals surface area contributed by atoms with Gasteiger partial charge in [0.25, 0.3) is 0 Å². The minimum Gasteiger partial charge on any atom is -0.497 e. The number of carbonyl (C=O) groups is 2. The van der Waals surface area contributed by atoms with E-state index in [9.17, 15) is 18.0 Å². The summed E-state index contributed by atoms with van der Waals surface area (Å²) in [5, 5.41) is 2.55. The van der Waals surface area contributed by atoms with Crippen molar-refractivity contribution in [2.45, 2.75) is 26.4 Å². The first-order valence-corrected chi connectivity index (χ1v) is 12.8. The van der Waals surface area contributed by atoms with E-state index in [1.807, 2.05) is 0 Å². The number of amides is 2. The number of likely N-dealkylation sites (N-methyl/N-ethyl adjacent to an activating group) is 1. The monoisotopic (exact) mass is 505 g/mol. The minimum absolute atomic E-state index is 0.110. The van der Waals surface area contributed by atoms with Crippen LogP contribution in [0.1, 0.15) is 19.4 Å². The molecule has 10 nitrogen and oxygen atoms in total. The Morgan fingerprint density at radius 3 is 2.34 bits per heavy atom. The standard InChI is InChI=1S/C24H31N3O7S/c1-5-35(30,31)27(19-8-11-21-22(14-19)34-13-12-33-21)16-23(28)26(17(2)24(29)25-3)15-18-6-9-20(32-4)10-7-18/h6-11,14,17H,5,12-13,15-16H2,1-4H3,(H,25,29)/t17-/m1/s1. The predicted octanol–water partition coefficient (Wildman–Crippen LogP) is 1.79. The number of ether oxygens (including phenoxy) is 3. The van der Waals surface area contributed by atoms with Gasteiger partial charge in [0, 0.05) is 19.7 Å². The maximum absolute atomic E-state index is 13.5. The zero-order valence-electron chi connectivity index (χ0n) is 20.3. The maximum Gasteiger partial charge on any atom is 0.244 e. The van der Waals surface area contributed by atoms with E-state index in [-0.39, 0.29) is 23.9 Å². The van der Waals surface area contributed by atoms with Gasteiger partial charge in [-0.3, -0.25) is 13.9 Å². The number of nitrogens with one attached hydrogen (secondary N) is 1. The second kappa shape index (κ2) is 11.3. The molecule has 0 bridgehead atoms. The third-order valence-corrected chi connectivity index (χ3v) is 7.46. The number of carbonyl (C=O) groups excluding carboxylic acids is 2. The molecular formula is C24H31N3O7S. The largest absolute Gasteiger partial charge is 0.497 e. The van der Waals surface area contributed by atoms with E-state index in [0.29, 0.717) is 30.5 Å². The maximum atomic E-state index is 13.5. The summed E-state index contributed by atoms with van der Waals surface area (Å²) in [7, 11) is -0.791. The fourth-order valence-corrected chi connectivity index (χ4v) is 4.68. The van der Waals surface area contributed by atoms with E-state index < -0.39 is 28.5 Å². The van der Waals surface area contributed by atoms with Crippen LogP contribution in [0, 0.1) is 0 Å². The van der Waals surface area contributed by atoms with Crippen molar-refractivity contribution in [2.75, 3.05) is 44.0 Å². The Morgan fingerprint density at radius 1 is 1.09 bits per heavy atom. The number of nitrogens with zero attached hydrogens (tertiary/aromatic N) is 2. The Morgan fingerprint density at radius 2 is 1.74 bits per heavy atom. The van der Waals surface area contributed by atoms with E-state index in [0.717, 1.165) is 9.87 Å². The molecule has 2 aromatic carbocycles. The first kappa shape index (κ1) is 26.1. The molecule has 11 heteroatoms. The van der Waals surface area contributed by atoms with E-state index >= 15 is 0 Å². The van der Waals surface area contributed by atoms with E-state index in [2.05, 4.69) is 5.32 Å². The molecule has 0 radical (unpaired) electrons. The van der Waals surface area contributed by atoms with Crippen LogP contribution in [0.5, 0.6) is 17.2 Å². The van der Waals surface area contributed by atoms with Gasteiger partial charge in [-0.05, 0) is 43.7 Å². The van der Waals surface area contributed by atoms with Crippen molar-refractivity contribution in [3.05, 3.63) is 48.0 Å². The van der Waals surface area contributed by atoms with Crippen LogP contribution in [0.4, 0.5) is 5.69 Å². The van der Waals surface area contributed by atoms with Gasteiger partial charge in [-0.25, -0.2) is 8.42 Å². The number of hydrogen-bond donors (Lipinski definition) is 1. The molecule has 0 unspecified atom stereocenters. The number of methoxy groups -OCH3 is 1. The lowest BCUT2D eigenvalue weighted by atomic mass is 10.1. The number of rotatable bonds is 10. The molecule has 1 atom stereocenters. The second-order valence-electron chi connectivity index (χ2n) is 7.90. The zero-order chi connectivity index (χ0) is 25.6. The number of sulfonamides is 1. The summed E-state index contributed by atoms with van der Waals surface area (Å²) < 4.78 is 43.3. The molecule has 1 aliphatic heterocycles. The van der Waals surface area contributed by atoms with Gasteiger partial charge in [-0.1, -0.05) is 12.1 Å². The molecular weight excluding hydrogens is 474 g/mol. The summed E-state index contributed by atoms with van der Waals surface area (Å²) in [5.41, 5.74) is 1.04. The Labute approximate surface area is 205 Å². The highest BCUT2D eigenvalue weighted by atomic mass is 32.2. The van der Waals surface area contributed by atoms with Crippen molar-refractivity contribution in [3.8, 4) is 17.2 Å². The predicted molar refractivity (Wildman–Crippen MR) is 131 cm³/mol. The fraction of sp³-hybridized carbons (Fsp3) is 0.417. The molecule has 1 heterocycles. The summed E-state index contributed by atoms with van der Waals surface area (Å²) >= 11 is 0. The quantitative estimate of drug-likeness (QED) is 0.524. The van der Waals surface area contributed by atoms with Crippen molar-refractivity contribution < 1.29 is 32.2 Å². The van der Waals surface area contributed by atoms with Crippen LogP contribution in [-0.2, 0) is 26.2 Å². The van der Waals surface area contributed by atoms with Crippen molar-refractivity contribution in [2.24, 2.45) is 0 Å². The molecule has 0 saturated carbocycles. The number of anilines is 1. The smallest absolute Gasteiger partial charge is 0.244 e. The lowest BCUT2D eigenvalue weighted by molar-refractivity contribution is -0.139. The topological polar surface area (TPSA) is 114 Å². The zero-order valence-corrected chi connectivity index (χ0v) is 21.1. The van der Waals surface area contributed by atoms with E-state index in [1.54, 1.807) is 56.5 Å². The average molecular weight is 506 g/mol. The molecule has 3 rings (SSSR count). The third-order valence-electron chi connectivity index (χ3n) is 5.72. The van der Waals surface area contributed by atoms with Gasteiger partial charge in [0.15, 0.2) is 11.5 Å².